The van der Waals surface area contributed by atoms with E-state index in [0.717, 1.165) is 27.6 Å². The number of carbonyl (C=O) groups is 2. The van der Waals surface area contributed by atoms with E-state index in [2.05, 4.69) is 5.32 Å². The van der Waals surface area contributed by atoms with E-state index in [9.17, 15) is 18.0 Å². The topological polar surface area (TPSA) is 86.8 Å². The molecule has 0 aromatic heterocycles. The molecule has 2 amide bonds. The Balaban J connectivity index is 2.07. The van der Waals surface area contributed by atoms with Gasteiger partial charge in [-0.1, -0.05) is 67.2 Å². The molecule has 0 fully saturated rings. The molecule has 42 heavy (non-hydrogen) atoms. The Kier molecular flexibility index (Phi) is 12.6. The van der Waals surface area contributed by atoms with Crippen molar-refractivity contribution < 1.29 is 18.0 Å². The standard InChI is InChI=1S/C31H37Cl2N3O4S2/c1-5-7-19-34-31(38)29(6-2)35(20-26-27(32)9-8-10-28(26)33)30(37)21-36(23-13-11-22(3)12-14-23)42(39,40)25-17-15-24(41-4)16-18-25/h8-18,29H,5-7,19-21H2,1-4H3,(H,34,38)/t29-/m0/s1. The highest BCUT2D eigenvalue weighted by atomic mass is 35.5. The molecule has 3 aromatic carbocycles. The molecule has 226 valence electrons. The van der Waals surface area contributed by atoms with Crippen LogP contribution in [0.4, 0.5) is 5.69 Å². The molecule has 0 unspecified atom stereocenters. The van der Waals surface area contributed by atoms with Crippen LogP contribution in [0.5, 0.6) is 0 Å². The van der Waals surface area contributed by atoms with Crippen LogP contribution in [0, 0.1) is 6.92 Å². The number of unbranched alkanes of at least 4 members (excludes halogenated alkanes) is 1. The molecular formula is C31H37Cl2N3O4S2. The average molecular weight is 651 g/mol. The van der Waals surface area contributed by atoms with Crippen LogP contribution in [0.1, 0.15) is 44.2 Å². The third-order valence-corrected chi connectivity index (χ3v) is 10.1. The van der Waals surface area contributed by atoms with Crippen molar-refractivity contribution in [2.45, 2.75) is 62.4 Å². The summed E-state index contributed by atoms with van der Waals surface area (Å²) in [4.78, 5) is 29.8. The van der Waals surface area contributed by atoms with E-state index in [1.165, 1.54) is 28.8 Å². The van der Waals surface area contributed by atoms with E-state index in [0.29, 0.717) is 34.3 Å². The Labute approximate surface area is 263 Å². The summed E-state index contributed by atoms with van der Waals surface area (Å²) in [5, 5.41) is 3.60. The van der Waals surface area contributed by atoms with E-state index < -0.39 is 28.5 Å². The van der Waals surface area contributed by atoms with Crippen LogP contribution in [0.15, 0.2) is 76.5 Å². The summed E-state index contributed by atoms with van der Waals surface area (Å²) in [6.45, 7) is 5.59. The van der Waals surface area contributed by atoms with Gasteiger partial charge in [0.2, 0.25) is 11.8 Å². The molecule has 0 aliphatic carbocycles. The third kappa shape index (κ3) is 8.43. The van der Waals surface area contributed by atoms with Gasteiger partial charge < -0.3 is 10.2 Å². The Morgan fingerprint density at radius 2 is 1.57 bits per heavy atom. The summed E-state index contributed by atoms with van der Waals surface area (Å²) in [6.07, 6.45) is 3.90. The van der Waals surface area contributed by atoms with Crippen molar-refractivity contribution in [1.29, 1.82) is 0 Å². The molecule has 3 rings (SSSR count). The van der Waals surface area contributed by atoms with Crippen molar-refractivity contribution in [3.63, 3.8) is 0 Å². The normalized spacial score (nSPS) is 12.0. The smallest absolute Gasteiger partial charge is 0.264 e. The fraction of sp³-hybridized carbons (Fsp3) is 0.355. The van der Waals surface area contributed by atoms with Crippen LogP contribution < -0.4 is 9.62 Å². The van der Waals surface area contributed by atoms with Gasteiger partial charge in [-0.3, -0.25) is 13.9 Å². The zero-order valence-corrected chi connectivity index (χ0v) is 27.4. The van der Waals surface area contributed by atoms with E-state index in [-0.39, 0.29) is 17.3 Å². The predicted molar refractivity (Wildman–Crippen MR) is 173 cm³/mol. The molecule has 0 bridgehead atoms. The number of hydrogen-bond acceptors (Lipinski definition) is 5. The van der Waals surface area contributed by atoms with Gasteiger partial charge >= 0.3 is 0 Å². The molecule has 0 aliphatic heterocycles. The predicted octanol–water partition coefficient (Wildman–Crippen LogP) is 6.94. The van der Waals surface area contributed by atoms with Crippen LogP contribution in [-0.4, -0.2) is 50.5 Å². The van der Waals surface area contributed by atoms with Gasteiger partial charge in [-0.05, 0) is 74.6 Å². The third-order valence-electron chi connectivity index (χ3n) is 6.85. The van der Waals surface area contributed by atoms with E-state index in [1.807, 2.05) is 20.1 Å². The lowest BCUT2D eigenvalue weighted by molar-refractivity contribution is -0.140. The van der Waals surface area contributed by atoms with Gasteiger partial charge in [0.25, 0.3) is 10.0 Å². The fourth-order valence-corrected chi connectivity index (χ4v) is 6.73. The molecular weight excluding hydrogens is 613 g/mol. The van der Waals surface area contributed by atoms with Crippen LogP contribution in [0.3, 0.4) is 0 Å². The number of benzene rings is 3. The van der Waals surface area contributed by atoms with Crippen molar-refractivity contribution in [3.8, 4) is 0 Å². The second kappa shape index (κ2) is 15.7. The van der Waals surface area contributed by atoms with Crippen molar-refractivity contribution in [3.05, 3.63) is 87.9 Å². The summed E-state index contributed by atoms with van der Waals surface area (Å²) in [7, 11) is -4.16. The monoisotopic (exact) mass is 649 g/mol. The molecule has 3 aromatic rings. The Morgan fingerprint density at radius 3 is 2.12 bits per heavy atom. The van der Waals surface area contributed by atoms with Crippen molar-refractivity contribution in [2.24, 2.45) is 0 Å². The minimum atomic E-state index is -4.16. The van der Waals surface area contributed by atoms with Crippen LogP contribution in [-0.2, 0) is 26.2 Å². The largest absolute Gasteiger partial charge is 0.354 e. The second-order valence-corrected chi connectivity index (χ2v) is 13.4. The summed E-state index contributed by atoms with van der Waals surface area (Å²) < 4.78 is 29.1. The SMILES string of the molecule is CCCCNC(=O)[C@H](CC)N(Cc1c(Cl)cccc1Cl)C(=O)CN(c1ccc(C)cc1)S(=O)(=O)c1ccc(SC)cc1. The van der Waals surface area contributed by atoms with E-state index in [1.54, 1.807) is 61.5 Å². The van der Waals surface area contributed by atoms with Gasteiger partial charge in [-0.2, -0.15) is 0 Å². The zero-order valence-electron chi connectivity index (χ0n) is 24.3. The van der Waals surface area contributed by atoms with Crippen LogP contribution in [0.25, 0.3) is 0 Å². The molecule has 11 heteroatoms. The zero-order chi connectivity index (χ0) is 30.9. The van der Waals surface area contributed by atoms with Gasteiger partial charge in [0, 0.05) is 33.6 Å². The lowest BCUT2D eigenvalue weighted by Gasteiger charge is -2.33. The molecule has 0 aliphatic rings. The van der Waals surface area contributed by atoms with E-state index >= 15 is 0 Å². The first-order valence-electron chi connectivity index (χ1n) is 13.8. The second-order valence-electron chi connectivity index (χ2n) is 9.81. The molecule has 0 saturated carbocycles. The van der Waals surface area contributed by atoms with Crippen molar-refractivity contribution in [2.75, 3.05) is 23.7 Å². The van der Waals surface area contributed by atoms with Gasteiger partial charge in [-0.15, -0.1) is 11.8 Å². The first-order chi connectivity index (χ1) is 20.0. The Bertz CT molecular complexity index is 1450. The number of amides is 2. The number of sulfonamides is 1. The number of aryl methyl sites for hydroxylation is 1. The number of halogens is 2. The van der Waals surface area contributed by atoms with Crippen molar-refractivity contribution >= 4 is 62.5 Å². The Hall–Kier alpha value is -2.72. The van der Waals surface area contributed by atoms with Gasteiger partial charge in [-0.25, -0.2) is 8.42 Å². The lowest BCUT2D eigenvalue weighted by atomic mass is 10.1. The van der Waals surface area contributed by atoms with Crippen LogP contribution >= 0.6 is 35.0 Å². The summed E-state index contributed by atoms with van der Waals surface area (Å²) in [5.41, 5.74) is 1.75. The number of carbonyl (C=O) groups excluding carboxylic acids is 2. The first-order valence-corrected chi connectivity index (χ1v) is 17.2. The Morgan fingerprint density at radius 1 is 0.952 bits per heavy atom. The molecule has 7 nitrogen and oxygen atoms in total. The number of rotatable bonds is 14. The van der Waals surface area contributed by atoms with E-state index in [4.69, 9.17) is 23.2 Å². The maximum atomic E-state index is 14.2. The fourth-order valence-electron chi connectivity index (χ4n) is 4.39. The number of hydrogen-bond donors (Lipinski definition) is 1. The molecule has 0 spiro atoms. The highest BCUT2D eigenvalue weighted by Gasteiger charge is 2.34. The highest BCUT2D eigenvalue weighted by molar-refractivity contribution is 7.98. The molecule has 1 atom stereocenters. The molecule has 0 saturated heterocycles. The minimum Gasteiger partial charge on any atom is -0.354 e. The molecule has 0 heterocycles. The summed E-state index contributed by atoms with van der Waals surface area (Å²) in [6, 6.07) is 17.6. The first kappa shape index (κ1) is 33.8. The number of thioether (sulfide) groups is 1. The number of anilines is 1. The minimum absolute atomic E-state index is 0.0544. The highest BCUT2D eigenvalue weighted by Crippen LogP contribution is 2.29. The quantitative estimate of drug-likeness (QED) is 0.151. The molecule has 0 radical (unpaired) electrons. The van der Waals surface area contributed by atoms with Crippen LogP contribution in [0.2, 0.25) is 10.0 Å². The number of nitrogens with zero attached hydrogens (tertiary/aromatic N) is 2. The average Bonchev–Trinajstić information content (AvgIpc) is 2.97. The summed E-state index contributed by atoms with van der Waals surface area (Å²) >= 11 is 14.4. The summed E-state index contributed by atoms with van der Waals surface area (Å²) in [5.74, 6) is -0.881. The maximum absolute atomic E-state index is 14.2. The van der Waals surface area contributed by atoms with Crippen molar-refractivity contribution in [1.82, 2.24) is 10.2 Å². The number of nitrogens with one attached hydrogen (secondary N) is 1. The molecule has 1 N–H and O–H groups in total. The van der Waals surface area contributed by atoms with Gasteiger partial charge in [0.15, 0.2) is 0 Å². The van der Waals surface area contributed by atoms with Gasteiger partial charge in [0.1, 0.15) is 12.6 Å². The van der Waals surface area contributed by atoms with Gasteiger partial charge in [0.05, 0.1) is 10.6 Å². The maximum Gasteiger partial charge on any atom is 0.264 e. The lowest BCUT2D eigenvalue weighted by Crippen LogP contribution is -2.52.